The fourth-order valence-electron chi connectivity index (χ4n) is 6.36. The van der Waals surface area contributed by atoms with Crippen molar-refractivity contribution in [2.24, 2.45) is 23.7 Å². The van der Waals surface area contributed by atoms with Crippen LogP contribution in [0.4, 0.5) is 17.6 Å². The smallest absolute Gasteiger partial charge is 0.253 e. The van der Waals surface area contributed by atoms with Crippen molar-refractivity contribution in [3.05, 3.63) is 82.9 Å². The molecule has 3 aromatic carbocycles. The van der Waals surface area contributed by atoms with Gasteiger partial charge in [-0.15, -0.1) is 0 Å². The first kappa shape index (κ1) is 31.3. The molecular weight excluding hydrogens is 576 g/mol. The van der Waals surface area contributed by atoms with Gasteiger partial charge in [0, 0.05) is 37.3 Å². The SMILES string of the molecule is C[C@@H]1C[C@@H](C)CN(C(=O)c2ccc(Oc3c(F)c(F)c(Oc4ccc(C(=O)N5C[C@H](C)C[C@H](C)C5)cc4)c(F)c3F)cc2)C1. The predicted molar refractivity (Wildman–Crippen MR) is 157 cm³/mol. The molecule has 2 amide bonds. The van der Waals surface area contributed by atoms with Crippen LogP contribution in [0.1, 0.15) is 61.3 Å². The topological polar surface area (TPSA) is 59.1 Å². The summed E-state index contributed by atoms with van der Waals surface area (Å²) in [6.45, 7) is 10.9. The van der Waals surface area contributed by atoms with Gasteiger partial charge in [0.25, 0.3) is 11.8 Å². The number of halogens is 4. The molecule has 2 saturated heterocycles. The summed E-state index contributed by atoms with van der Waals surface area (Å²) in [5.74, 6) is -8.82. The molecule has 2 fully saturated rings. The fourth-order valence-corrected chi connectivity index (χ4v) is 6.36. The Bertz CT molecular complexity index is 1370. The third-order valence-corrected chi connectivity index (χ3v) is 8.14. The first-order valence-electron chi connectivity index (χ1n) is 14.9. The quantitative estimate of drug-likeness (QED) is 0.209. The lowest BCUT2D eigenvalue weighted by Gasteiger charge is -2.35. The Balaban J connectivity index is 1.28. The lowest BCUT2D eigenvalue weighted by molar-refractivity contribution is 0.0617. The number of hydrogen-bond donors (Lipinski definition) is 0. The van der Waals surface area contributed by atoms with Crippen LogP contribution in [0.15, 0.2) is 48.5 Å². The van der Waals surface area contributed by atoms with Gasteiger partial charge in [0.1, 0.15) is 11.5 Å². The highest BCUT2D eigenvalue weighted by Crippen LogP contribution is 2.39. The number of benzene rings is 3. The van der Waals surface area contributed by atoms with Gasteiger partial charge >= 0.3 is 0 Å². The first-order valence-corrected chi connectivity index (χ1v) is 14.9. The summed E-state index contributed by atoms with van der Waals surface area (Å²) in [5.41, 5.74) is 0.710. The minimum absolute atomic E-state index is 0.120. The monoisotopic (exact) mass is 612 g/mol. The van der Waals surface area contributed by atoms with Gasteiger partial charge in [-0.3, -0.25) is 9.59 Å². The zero-order chi connectivity index (χ0) is 31.7. The Morgan fingerprint density at radius 1 is 0.545 bits per heavy atom. The maximum Gasteiger partial charge on any atom is 0.253 e. The summed E-state index contributed by atoms with van der Waals surface area (Å²) in [4.78, 5) is 29.4. The highest BCUT2D eigenvalue weighted by atomic mass is 19.2. The largest absolute Gasteiger partial charge is 0.451 e. The molecule has 3 aromatic rings. The van der Waals surface area contributed by atoms with Crippen LogP contribution in [0.3, 0.4) is 0 Å². The predicted octanol–water partition coefficient (Wildman–Crippen LogP) is 8.06. The standard InChI is InChI=1S/C34H36F4N2O4/c1-19-13-20(2)16-39(15-19)33(41)23-5-9-25(10-6-23)43-31-27(35)29(37)32(30(38)28(31)36)44-26-11-7-24(8-12-26)34(42)40-17-21(3)14-22(4)18-40/h5-12,19-22H,13-18H2,1-4H3/t19-,20-,21-,22+/m1/s1. The summed E-state index contributed by atoms with van der Waals surface area (Å²) in [6.07, 6.45) is 2.07. The number of nitrogens with zero attached hydrogens (tertiary/aromatic N) is 2. The molecule has 0 saturated carbocycles. The molecule has 234 valence electrons. The fraction of sp³-hybridized carbons (Fsp3) is 0.412. The van der Waals surface area contributed by atoms with Crippen molar-refractivity contribution in [1.82, 2.24) is 9.80 Å². The van der Waals surface area contributed by atoms with Gasteiger partial charge in [-0.05, 0) is 85.0 Å². The van der Waals surface area contributed by atoms with E-state index in [0.717, 1.165) is 12.8 Å². The van der Waals surface area contributed by atoms with Gasteiger partial charge in [-0.1, -0.05) is 27.7 Å². The average Bonchev–Trinajstić information content (AvgIpc) is 2.99. The van der Waals surface area contributed by atoms with Crippen LogP contribution >= 0.6 is 0 Å². The second-order valence-electron chi connectivity index (χ2n) is 12.5. The van der Waals surface area contributed by atoms with E-state index in [1.54, 1.807) is 9.80 Å². The minimum Gasteiger partial charge on any atom is -0.451 e. The van der Waals surface area contributed by atoms with Gasteiger partial charge in [0.15, 0.2) is 0 Å². The Morgan fingerprint density at radius 2 is 0.818 bits per heavy atom. The number of carbonyl (C=O) groups is 2. The maximum atomic E-state index is 15.0. The molecule has 44 heavy (non-hydrogen) atoms. The van der Waals surface area contributed by atoms with Crippen LogP contribution in [0.2, 0.25) is 0 Å². The molecule has 6 nitrogen and oxygen atoms in total. The molecule has 0 aromatic heterocycles. The first-order chi connectivity index (χ1) is 20.9. The number of carbonyl (C=O) groups excluding carboxylic acids is 2. The Morgan fingerprint density at radius 3 is 1.09 bits per heavy atom. The van der Waals surface area contributed by atoms with Gasteiger partial charge in [0.2, 0.25) is 34.8 Å². The van der Waals surface area contributed by atoms with Gasteiger partial charge < -0.3 is 19.3 Å². The van der Waals surface area contributed by atoms with Gasteiger partial charge in [-0.25, -0.2) is 0 Å². The van der Waals surface area contributed by atoms with E-state index >= 15 is 0 Å². The lowest BCUT2D eigenvalue weighted by atomic mass is 9.91. The second kappa shape index (κ2) is 12.9. The molecule has 10 heteroatoms. The van der Waals surface area contributed by atoms with Crippen molar-refractivity contribution in [1.29, 1.82) is 0 Å². The van der Waals surface area contributed by atoms with Crippen LogP contribution in [0.25, 0.3) is 0 Å². The molecule has 2 heterocycles. The van der Waals surface area contributed by atoms with E-state index in [9.17, 15) is 27.2 Å². The number of amides is 2. The summed E-state index contributed by atoms with van der Waals surface area (Å²) >= 11 is 0. The number of piperidine rings is 2. The highest BCUT2D eigenvalue weighted by Gasteiger charge is 2.30. The number of hydrogen-bond acceptors (Lipinski definition) is 4. The molecule has 0 aliphatic carbocycles. The molecule has 5 rings (SSSR count). The van der Waals surface area contributed by atoms with Crippen molar-refractivity contribution in [2.75, 3.05) is 26.2 Å². The van der Waals surface area contributed by atoms with E-state index in [1.807, 2.05) is 0 Å². The van der Waals surface area contributed by atoms with Crippen LogP contribution in [0, 0.1) is 46.9 Å². The summed E-state index contributed by atoms with van der Waals surface area (Å²) in [5, 5.41) is 0. The Hall–Kier alpha value is -4.08. The van der Waals surface area contributed by atoms with E-state index in [2.05, 4.69) is 27.7 Å². The lowest BCUT2D eigenvalue weighted by Crippen LogP contribution is -2.42. The van der Waals surface area contributed by atoms with Gasteiger partial charge in [0.05, 0.1) is 0 Å². The number of rotatable bonds is 6. The van der Waals surface area contributed by atoms with Crippen molar-refractivity contribution >= 4 is 11.8 Å². The van der Waals surface area contributed by atoms with Crippen molar-refractivity contribution < 1.29 is 36.6 Å². The molecule has 4 atom stereocenters. The maximum absolute atomic E-state index is 15.0. The zero-order valence-electron chi connectivity index (χ0n) is 25.2. The van der Waals surface area contributed by atoms with Crippen molar-refractivity contribution in [3.63, 3.8) is 0 Å². The highest BCUT2D eigenvalue weighted by molar-refractivity contribution is 5.95. The van der Waals surface area contributed by atoms with Crippen molar-refractivity contribution in [2.45, 2.75) is 40.5 Å². The Kier molecular flexibility index (Phi) is 9.18. The molecule has 0 unspecified atom stereocenters. The number of likely N-dealkylation sites (tertiary alicyclic amines) is 2. The van der Waals surface area contributed by atoms with Crippen molar-refractivity contribution in [3.8, 4) is 23.0 Å². The molecule has 0 radical (unpaired) electrons. The average molecular weight is 613 g/mol. The second-order valence-corrected chi connectivity index (χ2v) is 12.5. The third-order valence-electron chi connectivity index (χ3n) is 8.14. The molecule has 2 aliphatic rings. The summed E-state index contributed by atoms with van der Waals surface area (Å²) in [7, 11) is 0. The van der Waals surface area contributed by atoms with Crippen LogP contribution in [-0.2, 0) is 0 Å². The van der Waals surface area contributed by atoms with Crippen LogP contribution < -0.4 is 9.47 Å². The van der Waals surface area contributed by atoms with E-state index in [1.165, 1.54) is 48.5 Å². The van der Waals surface area contributed by atoms with Crippen LogP contribution in [0.5, 0.6) is 23.0 Å². The van der Waals surface area contributed by atoms with E-state index < -0.39 is 34.8 Å². The summed E-state index contributed by atoms with van der Waals surface area (Å²) < 4.78 is 70.2. The third kappa shape index (κ3) is 6.69. The molecule has 0 bridgehead atoms. The zero-order valence-corrected chi connectivity index (χ0v) is 25.2. The molecular formula is C34H36F4N2O4. The Labute approximate surface area is 254 Å². The van der Waals surface area contributed by atoms with Crippen LogP contribution in [-0.4, -0.2) is 47.8 Å². The minimum atomic E-state index is -1.78. The van der Waals surface area contributed by atoms with E-state index in [-0.39, 0.29) is 23.3 Å². The molecule has 2 aliphatic heterocycles. The molecule has 0 N–H and O–H groups in total. The van der Waals surface area contributed by atoms with Gasteiger partial charge in [-0.2, -0.15) is 17.6 Å². The van der Waals surface area contributed by atoms with E-state index in [4.69, 9.17) is 9.47 Å². The summed E-state index contributed by atoms with van der Waals surface area (Å²) in [6, 6.07) is 10.9. The van der Waals surface area contributed by atoms with E-state index in [0.29, 0.717) is 61.0 Å². The normalized spacial score (nSPS) is 22.1. The number of ether oxygens (including phenoxy) is 2. The molecule has 0 spiro atoms.